The SMILES string of the molecule is COC(=O)C1(C(=O)OC)C[C@@H]2[C@H](c3ccccc3)[C@]2(C2[C@H]3CCCC[C@@H]23)C1. The number of rotatable bonds is 4. The van der Waals surface area contributed by atoms with Crippen LogP contribution in [-0.2, 0) is 19.1 Å². The Labute approximate surface area is 160 Å². The van der Waals surface area contributed by atoms with Gasteiger partial charge in [0.1, 0.15) is 0 Å². The summed E-state index contributed by atoms with van der Waals surface area (Å²) in [7, 11) is 2.77. The third-order valence-electron chi connectivity index (χ3n) is 8.33. The van der Waals surface area contributed by atoms with Gasteiger partial charge in [-0.05, 0) is 66.3 Å². The van der Waals surface area contributed by atoms with E-state index in [4.69, 9.17) is 9.47 Å². The van der Waals surface area contributed by atoms with Crippen molar-refractivity contribution in [2.45, 2.75) is 44.4 Å². The van der Waals surface area contributed by atoms with Crippen LogP contribution in [0.1, 0.15) is 50.0 Å². The van der Waals surface area contributed by atoms with E-state index in [0.29, 0.717) is 30.6 Å². The summed E-state index contributed by atoms with van der Waals surface area (Å²) in [6.07, 6.45) is 6.45. The van der Waals surface area contributed by atoms with Crippen molar-refractivity contribution in [1.82, 2.24) is 0 Å². The van der Waals surface area contributed by atoms with Gasteiger partial charge in [0.05, 0.1) is 14.2 Å². The van der Waals surface area contributed by atoms with Crippen molar-refractivity contribution in [3.63, 3.8) is 0 Å². The van der Waals surface area contributed by atoms with Crippen molar-refractivity contribution in [2.24, 2.45) is 34.5 Å². The van der Waals surface area contributed by atoms with Gasteiger partial charge >= 0.3 is 11.9 Å². The van der Waals surface area contributed by atoms with Crippen molar-refractivity contribution < 1.29 is 19.1 Å². The summed E-state index contributed by atoms with van der Waals surface area (Å²) in [6.45, 7) is 0. The number of hydrogen-bond donors (Lipinski definition) is 0. The average Bonchev–Trinajstić information content (AvgIpc) is 3.57. The lowest BCUT2D eigenvalue weighted by Gasteiger charge is -2.29. The molecule has 0 bridgehead atoms. The maximum absolute atomic E-state index is 12.7. The number of carbonyl (C=O) groups excluding carboxylic acids is 2. The number of fused-ring (bicyclic) bond motifs is 2. The van der Waals surface area contributed by atoms with E-state index in [-0.39, 0.29) is 5.41 Å². The highest BCUT2D eigenvalue weighted by molar-refractivity contribution is 6.01. The monoisotopic (exact) mass is 368 g/mol. The van der Waals surface area contributed by atoms with E-state index in [1.165, 1.54) is 45.5 Å². The van der Waals surface area contributed by atoms with Gasteiger partial charge in [-0.25, -0.2) is 0 Å². The van der Waals surface area contributed by atoms with Crippen LogP contribution in [0.5, 0.6) is 0 Å². The smallest absolute Gasteiger partial charge is 0.323 e. The maximum atomic E-state index is 12.7. The van der Waals surface area contributed by atoms with Crippen LogP contribution in [0.25, 0.3) is 0 Å². The van der Waals surface area contributed by atoms with Crippen molar-refractivity contribution in [2.75, 3.05) is 14.2 Å². The fourth-order valence-electron chi connectivity index (χ4n) is 7.41. The molecule has 0 aliphatic heterocycles. The molecule has 1 aromatic rings. The van der Waals surface area contributed by atoms with E-state index in [1.807, 2.05) is 0 Å². The van der Waals surface area contributed by atoms with Crippen molar-refractivity contribution in [3.8, 4) is 0 Å². The lowest BCUT2D eigenvalue weighted by Crippen LogP contribution is -2.41. The molecule has 0 saturated heterocycles. The topological polar surface area (TPSA) is 52.6 Å². The molecule has 4 nitrogen and oxygen atoms in total. The molecule has 144 valence electrons. The van der Waals surface area contributed by atoms with E-state index in [2.05, 4.69) is 30.3 Å². The van der Waals surface area contributed by atoms with Crippen LogP contribution in [0.4, 0.5) is 0 Å². The highest BCUT2D eigenvalue weighted by atomic mass is 16.5. The molecule has 0 N–H and O–H groups in total. The largest absolute Gasteiger partial charge is 0.468 e. The van der Waals surface area contributed by atoms with E-state index < -0.39 is 17.4 Å². The van der Waals surface area contributed by atoms with Crippen LogP contribution in [-0.4, -0.2) is 26.2 Å². The number of esters is 2. The molecule has 4 aliphatic rings. The Morgan fingerprint density at radius 2 is 1.56 bits per heavy atom. The first-order chi connectivity index (χ1) is 13.1. The number of carbonyl (C=O) groups is 2. The van der Waals surface area contributed by atoms with Crippen LogP contribution in [0.15, 0.2) is 30.3 Å². The molecular formula is C23H28O4. The standard InChI is InChI=1S/C23H28O4/c1-26-20(24)22(21(25)27-2)12-17-18(14-8-4-3-5-9-14)23(17,13-22)19-15-10-6-7-11-16(15)19/h3-5,8-9,15-19H,6-7,10-13H2,1-2H3/t15-,16+,17-,18+,19?,23+/m1/s1. The first kappa shape index (κ1) is 17.3. The van der Waals surface area contributed by atoms with Crippen LogP contribution < -0.4 is 0 Å². The predicted octanol–water partition coefficient (Wildman–Crippen LogP) is 3.95. The zero-order chi connectivity index (χ0) is 18.8. The van der Waals surface area contributed by atoms with E-state index in [1.54, 1.807) is 0 Å². The van der Waals surface area contributed by atoms with Crippen LogP contribution in [0, 0.1) is 34.5 Å². The third-order valence-corrected chi connectivity index (χ3v) is 8.33. The molecule has 0 spiro atoms. The minimum absolute atomic E-state index is 0.0728. The first-order valence-electron chi connectivity index (χ1n) is 10.3. The Morgan fingerprint density at radius 3 is 2.11 bits per heavy atom. The Bertz CT molecular complexity index is 744. The minimum Gasteiger partial charge on any atom is -0.468 e. The molecule has 6 atom stereocenters. The quantitative estimate of drug-likeness (QED) is 0.596. The Kier molecular flexibility index (Phi) is 3.73. The maximum Gasteiger partial charge on any atom is 0.323 e. The van der Waals surface area contributed by atoms with Crippen LogP contribution >= 0.6 is 0 Å². The van der Waals surface area contributed by atoms with Gasteiger partial charge in [0.25, 0.3) is 0 Å². The van der Waals surface area contributed by atoms with Crippen LogP contribution in [0.2, 0.25) is 0 Å². The second-order valence-corrected chi connectivity index (χ2v) is 9.19. The molecule has 27 heavy (non-hydrogen) atoms. The second-order valence-electron chi connectivity index (χ2n) is 9.19. The third kappa shape index (κ3) is 2.16. The van der Waals surface area contributed by atoms with E-state index in [0.717, 1.165) is 11.8 Å². The first-order valence-corrected chi connectivity index (χ1v) is 10.3. The van der Waals surface area contributed by atoms with Gasteiger partial charge in [0.2, 0.25) is 0 Å². The molecule has 0 amide bonds. The zero-order valence-corrected chi connectivity index (χ0v) is 16.1. The van der Waals surface area contributed by atoms with Gasteiger partial charge in [-0.1, -0.05) is 43.2 Å². The highest BCUT2D eigenvalue weighted by Gasteiger charge is 2.83. The summed E-state index contributed by atoms with van der Waals surface area (Å²) in [4.78, 5) is 25.4. The van der Waals surface area contributed by atoms with Gasteiger partial charge < -0.3 is 9.47 Å². The highest BCUT2D eigenvalue weighted by Crippen LogP contribution is 2.86. The van der Waals surface area contributed by atoms with Gasteiger partial charge in [-0.15, -0.1) is 0 Å². The lowest BCUT2D eigenvalue weighted by molar-refractivity contribution is -0.170. The predicted molar refractivity (Wildman–Crippen MR) is 99.7 cm³/mol. The number of ether oxygens (including phenoxy) is 2. The lowest BCUT2D eigenvalue weighted by atomic mass is 9.75. The van der Waals surface area contributed by atoms with E-state index >= 15 is 0 Å². The fraction of sp³-hybridized carbons (Fsp3) is 0.652. The molecule has 0 aromatic heterocycles. The fourth-order valence-corrected chi connectivity index (χ4v) is 7.41. The second kappa shape index (κ2) is 5.83. The zero-order valence-electron chi connectivity index (χ0n) is 16.1. The number of benzene rings is 1. The van der Waals surface area contributed by atoms with Crippen molar-refractivity contribution >= 4 is 11.9 Å². The van der Waals surface area contributed by atoms with Crippen molar-refractivity contribution in [3.05, 3.63) is 35.9 Å². The van der Waals surface area contributed by atoms with Crippen molar-refractivity contribution in [1.29, 1.82) is 0 Å². The van der Waals surface area contributed by atoms with Gasteiger partial charge in [0, 0.05) is 0 Å². The molecule has 4 fully saturated rings. The summed E-state index contributed by atoms with van der Waals surface area (Å²) >= 11 is 0. The summed E-state index contributed by atoms with van der Waals surface area (Å²) in [5.74, 6) is 2.28. The Hall–Kier alpha value is -1.84. The Morgan fingerprint density at radius 1 is 0.963 bits per heavy atom. The molecular weight excluding hydrogens is 340 g/mol. The normalized spacial score (nSPS) is 40.4. The number of methoxy groups -OCH3 is 2. The van der Waals surface area contributed by atoms with Gasteiger partial charge in [-0.2, -0.15) is 0 Å². The Balaban J connectivity index is 1.53. The molecule has 4 aliphatic carbocycles. The molecule has 4 saturated carbocycles. The summed E-state index contributed by atoms with van der Waals surface area (Å²) in [6, 6.07) is 10.7. The average molecular weight is 368 g/mol. The molecule has 1 unspecified atom stereocenters. The summed E-state index contributed by atoms with van der Waals surface area (Å²) in [5, 5.41) is 0. The number of hydrogen-bond acceptors (Lipinski definition) is 4. The van der Waals surface area contributed by atoms with Crippen LogP contribution in [0.3, 0.4) is 0 Å². The van der Waals surface area contributed by atoms with E-state index in [9.17, 15) is 9.59 Å². The molecule has 1 aromatic carbocycles. The van der Waals surface area contributed by atoms with Gasteiger partial charge in [-0.3, -0.25) is 9.59 Å². The minimum atomic E-state index is -1.11. The summed E-state index contributed by atoms with van der Waals surface area (Å²) in [5.41, 5.74) is 0.337. The molecule has 0 heterocycles. The molecule has 0 radical (unpaired) electrons. The molecule has 5 rings (SSSR count). The summed E-state index contributed by atoms with van der Waals surface area (Å²) < 4.78 is 10.2. The molecule has 4 heteroatoms. The van der Waals surface area contributed by atoms with Gasteiger partial charge in [0.15, 0.2) is 5.41 Å².